The van der Waals surface area contributed by atoms with Gasteiger partial charge in [-0.3, -0.25) is 0 Å². The van der Waals surface area contributed by atoms with Gasteiger partial charge in [0.25, 0.3) is 0 Å². The first-order valence-corrected chi connectivity index (χ1v) is 7.36. The summed E-state index contributed by atoms with van der Waals surface area (Å²) in [5.74, 6) is 0. The van der Waals surface area contributed by atoms with Crippen LogP contribution in [0.15, 0.2) is 40.3 Å². The Morgan fingerprint density at radius 2 is 1.75 bits per heavy atom. The van der Waals surface area contributed by atoms with Gasteiger partial charge in [-0.1, -0.05) is 0 Å². The quantitative estimate of drug-likeness (QED) is 0.445. The van der Waals surface area contributed by atoms with Gasteiger partial charge in [0, 0.05) is 25.2 Å². The molecule has 0 aliphatic carbocycles. The minimum absolute atomic E-state index is 0.997. The molecule has 4 aromatic heterocycles. The molecule has 0 saturated carbocycles. The van der Waals surface area contributed by atoms with Gasteiger partial charge in [-0.15, -0.1) is 34.0 Å². The Labute approximate surface area is 104 Å². The third-order valence-corrected chi connectivity index (χ3v) is 5.89. The first-order chi connectivity index (χ1) is 7.90. The van der Waals surface area contributed by atoms with Crippen LogP contribution in [0.5, 0.6) is 0 Å². The molecule has 0 radical (unpaired) electrons. The molecule has 0 aromatic carbocycles. The molecule has 0 saturated heterocycles. The van der Waals surface area contributed by atoms with Crippen molar-refractivity contribution in [3.05, 3.63) is 35.9 Å². The van der Waals surface area contributed by atoms with Crippen molar-refractivity contribution in [3.8, 4) is 9.75 Å². The van der Waals surface area contributed by atoms with Gasteiger partial charge < -0.3 is 4.42 Å². The van der Waals surface area contributed by atoms with Gasteiger partial charge in [0.05, 0.1) is 11.0 Å². The molecular weight excluding hydrogens is 256 g/mol. The summed E-state index contributed by atoms with van der Waals surface area (Å²) >= 11 is 5.46. The second-order valence-corrected chi connectivity index (χ2v) is 6.63. The van der Waals surface area contributed by atoms with Crippen molar-refractivity contribution in [1.82, 2.24) is 0 Å². The molecule has 78 valence electrons. The SMILES string of the molecule is c1cc2sc(-c3cc4sccc4s3)cc2o1. The van der Waals surface area contributed by atoms with E-state index in [2.05, 4.69) is 23.6 Å². The molecule has 0 aliphatic heterocycles. The molecule has 0 N–H and O–H groups in total. The highest BCUT2D eigenvalue weighted by Gasteiger charge is 2.10. The maximum Gasteiger partial charge on any atom is 0.145 e. The standard InChI is InChI=1S/C12H6OS3/c1-3-13-7-5-11(15-8(1)7)12-6-10-9(16-12)2-4-14-10/h1-6H. The molecule has 16 heavy (non-hydrogen) atoms. The minimum Gasteiger partial charge on any atom is -0.463 e. The summed E-state index contributed by atoms with van der Waals surface area (Å²) in [7, 11) is 0. The highest BCUT2D eigenvalue weighted by Crippen LogP contribution is 2.41. The molecule has 4 rings (SSSR count). The zero-order valence-electron chi connectivity index (χ0n) is 8.10. The summed E-state index contributed by atoms with van der Waals surface area (Å²) in [6.07, 6.45) is 1.75. The van der Waals surface area contributed by atoms with E-state index in [4.69, 9.17) is 4.42 Å². The lowest BCUT2D eigenvalue weighted by Gasteiger charge is -1.86. The topological polar surface area (TPSA) is 13.1 Å². The van der Waals surface area contributed by atoms with Gasteiger partial charge in [0.2, 0.25) is 0 Å². The van der Waals surface area contributed by atoms with Crippen LogP contribution in [0, 0.1) is 0 Å². The lowest BCUT2D eigenvalue weighted by atomic mass is 10.3. The molecule has 1 nitrogen and oxygen atoms in total. The second-order valence-electron chi connectivity index (χ2n) is 3.52. The summed E-state index contributed by atoms with van der Waals surface area (Å²) in [6, 6.07) is 8.62. The molecule has 0 atom stereocenters. The van der Waals surface area contributed by atoms with Crippen LogP contribution in [-0.4, -0.2) is 0 Å². The maximum absolute atomic E-state index is 5.39. The highest BCUT2D eigenvalue weighted by molar-refractivity contribution is 7.31. The molecule has 0 bridgehead atoms. The zero-order chi connectivity index (χ0) is 10.5. The van der Waals surface area contributed by atoms with Gasteiger partial charge in [-0.25, -0.2) is 0 Å². The number of hydrogen-bond acceptors (Lipinski definition) is 4. The van der Waals surface area contributed by atoms with E-state index in [0.717, 1.165) is 5.58 Å². The largest absolute Gasteiger partial charge is 0.463 e. The van der Waals surface area contributed by atoms with Crippen molar-refractivity contribution in [2.45, 2.75) is 0 Å². The van der Waals surface area contributed by atoms with Crippen LogP contribution in [0.2, 0.25) is 0 Å². The minimum atomic E-state index is 0.997. The number of thiophene rings is 3. The zero-order valence-corrected chi connectivity index (χ0v) is 10.5. The van der Waals surface area contributed by atoms with Crippen molar-refractivity contribution in [2.24, 2.45) is 0 Å². The van der Waals surface area contributed by atoms with E-state index in [-0.39, 0.29) is 0 Å². The van der Waals surface area contributed by atoms with Gasteiger partial charge in [-0.05, 0) is 23.6 Å². The Morgan fingerprint density at radius 3 is 2.62 bits per heavy atom. The molecular formula is C12H6OS3. The van der Waals surface area contributed by atoms with E-state index in [0.29, 0.717) is 0 Å². The van der Waals surface area contributed by atoms with E-state index in [9.17, 15) is 0 Å². The van der Waals surface area contributed by atoms with E-state index >= 15 is 0 Å². The molecule has 0 amide bonds. The average molecular weight is 262 g/mol. The van der Waals surface area contributed by atoms with Crippen LogP contribution in [0.4, 0.5) is 0 Å². The fourth-order valence-electron chi connectivity index (χ4n) is 1.77. The van der Waals surface area contributed by atoms with Gasteiger partial charge >= 0.3 is 0 Å². The molecule has 0 fully saturated rings. The van der Waals surface area contributed by atoms with E-state index in [1.54, 1.807) is 28.9 Å². The first-order valence-electron chi connectivity index (χ1n) is 4.84. The van der Waals surface area contributed by atoms with Crippen LogP contribution >= 0.6 is 34.0 Å². The maximum atomic E-state index is 5.39. The Morgan fingerprint density at radius 1 is 0.875 bits per heavy atom. The molecule has 4 heterocycles. The van der Waals surface area contributed by atoms with E-state index < -0.39 is 0 Å². The molecule has 4 aromatic rings. The summed E-state index contributed by atoms with van der Waals surface area (Å²) in [5, 5.41) is 2.14. The van der Waals surface area contributed by atoms with Crippen molar-refractivity contribution < 1.29 is 4.42 Å². The van der Waals surface area contributed by atoms with Crippen LogP contribution in [0.1, 0.15) is 0 Å². The molecule has 4 heteroatoms. The fourth-order valence-corrected chi connectivity index (χ4v) is 4.94. The van der Waals surface area contributed by atoms with Crippen LogP contribution < -0.4 is 0 Å². The number of furan rings is 1. The smallest absolute Gasteiger partial charge is 0.145 e. The summed E-state index contributed by atoms with van der Waals surface area (Å²) in [5.41, 5.74) is 0.997. The predicted octanol–water partition coefficient (Wildman–Crippen LogP) is 5.44. The first kappa shape index (κ1) is 8.98. The highest BCUT2D eigenvalue weighted by atomic mass is 32.1. The van der Waals surface area contributed by atoms with Crippen LogP contribution in [0.25, 0.3) is 29.4 Å². The van der Waals surface area contributed by atoms with Crippen LogP contribution in [0.3, 0.4) is 0 Å². The number of fused-ring (bicyclic) bond motifs is 2. The van der Waals surface area contributed by atoms with Crippen LogP contribution in [-0.2, 0) is 0 Å². The Hall–Kier alpha value is -1.10. The number of hydrogen-bond donors (Lipinski definition) is 0. The Balaban J connectivity index is 1.96. The van der Waals surface area contributed by atoms with E-state index in [1.165, 1.54) is 23.9 Å². The van der Waals surface area contributed by atoms with E-state index in [1.807, 2.05) is 17.4 Å². The summed E-state index contributed by atoms with van der Waals surface area (Å²) in [6.45, 7) is 0. The molecule has 0 spiro atoms. The fraction of sp³-hybridized carbons (Fsp3) is 0. The van der Waals surface area contributed by atoms with Crippen molar-refractivity contribution >= 4 is 53.7 Å². The summed E-state index contributed by atoms with van der Waals surface area (Å²) in [4.78, 5) is 2.65. The molecule has 0 aliphatic rings. The summed E-state index contributed by atoms with van der Waals surface area (Å²) < 4.78 is 9.38. The van der Waals surface area contributed by atoms with Crippen molar-refractivity contribution in [2.75, 3.05) is 0 Å². The third kappa shape index (κ3) is 1.21. The number of rotatable bonds is 1. The monoisotopic (exact) mass is 262 g/mol. The molecule has 0 unspecified atom stereocenters. The third-order valence-electron chi connectivity index (χ3n) is 2.52. The predicted molar refractivity (Wildman–Crippen MR) is 72.8 cm³/mol. The van der Waals surface area contributed by atoms with Gasteiger partial charge in [0.15, 0.2) is 0 Å². The average Bonchev–Trinajstić information content (AvgIpc) is 2.94. The lowest BCUT2D eigenvalue weighted by molar-refractivity contribution is 0.616. The Kier molecular flexibility index (Phi) is 1.80. The van der Waals surface area contributed by atoms with Gasteiger partial charge in [-0.2, -0.15) is 0 Å². The Bertz CT molecular complexity index is 644. The van der Waals surface area contributed by atoms with Crippen molar-refractivity contribution in [1.29, 1.82) is 0 Å². The second kappa shape index (κ2) is 3.20. The van der Waals surface area contributed by atoms with Crippen molar-refractivity contribution in [3.63, 3.8) is 0 Å². The van der Waals surface area contributed by atoms with Gasteiger partial charge in [0.1, 0.15) is 5.58 Å². The normalized spacial score (nSPS) is 11.8. The lowest BCUT2D eigenvalue weighted by Crippen LogP contribution is -1.57.